The summed E-state index contributed by atoms with van der Waals surface area (Å²) in [6.45, 7) is 43.2. The number of hydrogen-bond acceptors (Lipinski definition) is 15. The van der Waals surface area contributed by atoms with Crippen LogP contribution in [-0.4, -0.2) is 246 Å². The molecule has 121 heavy (non-hydrogen) atoms. The number of carbonyl (C=O) groups excluding carboxylic acids is 4. The number of ketones is 1. The van der Waals surface area contributed by atoms with E-state index in [9.17, 15) is 19.2 Å². The monoisotopic (exact) mass is 1700 g/mol. The summed E-state index contributed by atoms with van der Waals surface area (Å²) in [6, 6.07) is 33.7. The van der Waals surface area contributed by atoms with Crippen LogP contribution in [0.25, 0.3) is 0 Å². The molecule has 690 valence electrons. The van der Waals surface area contributed by atoms with Crippen LogP contribution in [0.15, 0.2) is 97.1 Å². The summed E-state index contributed by atoms with van der Waals surface area (Å²) in [5.74, 6) is 3.47. The molecular formula is C102H176N4O15+4. The Labute approximate surface area is 737 Å². The molecule has 0 aliphatic carbocycles. The molecule has 4 unspecified atom stereocenters. The first-order chi connectivity index (χ1) is 57.6. The van der Waals surface area contributed by atoms with Crippen LogP contribution >= 0.6 is 0 Å². The molecule has 4 atom stereocenters. The van der Waals surface area contributed by atoms with Gasteiger partial charge in [0.2, 0.25) is 0 Å². The number of unbranched alkanes of at least 4 members (excludes halogenated alkanes) is 15. The lowest BCUT2D eigenvalue weighted by molar-refractivity contribution is -0.930. The number of rotatable bonds is 59. The van der Waals surface area contributed by atoms with Gasteiger partial charge in [-0.1, -0.05) is 200 Å². The topological polar surface area (TPSA) is 170 Å². The molecule has 6 rings (SSSR count). The maximum absolute atomic E-state index is 12.6. The third kappa shape index (κ3) is 51.8. The van der Waals surface area contributed by atoms with Gasteiger partial charge < -0.3 is 70.0 Å². The molecule has 0 spiro atoms. The lowest BCUT2D eigenvalue weighted by atomic mass is 9.72. The van der Waals surface area contributed by atoms with Gasteiger partial charge in [0, 0.05) is 26.2 Å². The molecule has 2 fully saturated rings. The van der Waals surface area contributed by atoms with Crippen molar-refractivity contribution < 1.29 is 89.2 Å². The Kier molecular flexibility index (Phi) is 55.2. The number of ether oxygens (including phenoxy) is 11. The molecule has 0 aromatic heterocycles. The van der Waals surface area contributed by atoms with Crippen LogP contribution < -0.4 is 18.9 Å². The summed E-state index contributed by atoms with van der Waals surface area (Å²) in [5, 5.41) is 0. The normalized spacial score (nSPS) is 16.8. The highest BCUT2D eigenvalue weighted by Gasteiger charge is 2.45. The van der Waals surface area contributed by atoms with E-state index in [-0.39, 0.29) is 41.2 Å². The SMILES string of the molecule is CCCCCCCCc1ccc(OCCOCC[N+](C)(C)CC(=O)OCC)cc1.CCCCCCCCc1ccc(OCCOCC[N+](C)(C)CC(C)=O)cc1.CCCCCCCCc1ccc(OCCOCC[N+]2(C)CCCC2C(=O)OC(C)(C)C)cc1.CCOC(=O)C1CCCC[N+]1(C)CCOCCOc1ccc(C(C)(C)CC(C)(C)C)cc1. The quantitative estimate of drug-likeness (QED) is 0.0177. The van der Waals surface area contributed by atoms with E-state index in [4.69, 9.17) is 52.1 Å². The summed E-state index contributed by atoms with van der Waals surface area (Å²) >= 11 is 0. The number of piperidine rings is 1. The molecule has 19 heteroatoms. The lowest BCUT2D eigenvalue weighted by Gasteiger charge is -2.43. The predicted octanol–water partition coefficient (Wildman–Crippen LogP) is 20.6. The highest BCUT2D eigenvalue weighted by Crippen LogP contribution is 2.37. The number of likely N-dealkylation sites (N-methyl/N-ethyl adjacent to an activating group) is 4. The van der Waals surface area contributed by atoms with Crippen molar-refractivity contribution >= 4 is 23.7 Å². The fraction of sp³-hybridized carbons (Fsp3) is 0.725. The van der Waals surface area contributed by atoms with Crippen LogP contribution in [0, 0.1) is 5.41 Å². The molecule has 0 N–H and O–H groups in total. The first-order valence-corrected chi connectivity index (χ1v) is 47.2. The molecule has 4 aromatic rings. The van der Waals surface area contributed by atoms with Gasteiger partial charge in [0.15, 0.2) is 24.4 Å². The summed E-state index contributed by atoms with van der Waals surface area (Å²) < 4.78 is 64.8. The molecule has 19 nitrogen and oxygen atoms in total. The summed E-state index contributed by atoms with van der Waals surface area (Å²) in [7, 11) is 12.4. The molecule has 0 bridgehead atoms. The average Bonchev–Trinajstić information content (AvgIpc) is 1.80. The number of benzene rings is 4. The number of quaternary nitrogens is 4. The van der Waals surface area contributed by atoms with E-state index in [1.807, 2.05) is 74.9 Å². The fourth-order valence-electron chi connectivity index (χ4n) is 16.1. The van der Waals surface area contributed by atoms with Gasteiger partial charge in [-0.3, -0.25) is 4.79 Å². The van der Waals surface area contributed by atoms with E-state index in [2.05, 4.69) is 154 Å². The molecular weight excluding hydrogens is 1520 g/mol. The molecule has 2 aliphatic rings. The molecule has 2 saturated heterocycles. The number of nitrogens with zero attached hydrogens (tertiary/aromatic N) is 4. The van der Waals surface area contributed by atoms with Crippen LogP contribution in [0.4, 0.5) is 0 Å². The second-order valence-corrected chi connectivity index (χ2v) is 38.4. The maximum Gasteiger partial charge on any atom is 0.365 e. The Morgan fingerprint density at radius 3 is 1.09 bits per heavy atom. The number of hydrogen-bond donors (Lipinski definition) is 0. The predicted molar refractivity (Wildman–Crippen MR) is 495 cm³/mol. The zero-order chi connectivity index (χ0) is 89.3. The molecule has 2 heterocycles. The van der Waals surface area contributed by atoms with E-state index in [1.54, 1.807) is 6.92 Å². The third-order valence-corrected chi connectivity index (χ3v) is 22.8. The number of carbonyl (C=O) groups is 4. The van der Waals surface area contributed by atoms with Gasteiger partial charge in [-0.2, -0.15) is 0 Å². The van der Waals surface area contributed by atoms with Crippen molar-refractivity contribution in [1.82, 2.24) is 0 Å². The lowest BCUT2D eigenvalue weighted by Crippen LogP contribution is -2.60. The number of likely N-dealkylation sites (tertiary alicyclic amines) is 2. The Balaban J connectivity index is 0.000000418. The average molecular weight is 1700 g/mol. The van der Waals surface area contributed by atoms with Gasteiger partial charge in [-0.05, 0) is 174 Å². The van der Waals surface area contributed by atoms with Crippen molar-refractivity contribution in [3.63, 3.8) is 0 Å². The Hall–Kier alpha value is -6.16. The van der Waals surface area contributed by atoms with Crippen LogP contribution in [0.1, 0.15) is 273 Å². The van der Waals surface area contributed by atoms with Crippen molar-refractivity contribution in [1.29, 1.82) is 0 Å². The number of esters is 3. The number of Topliss-reactive ketones (excluding diaryl/α,β-unsaturated/α-hetero) is 1. The van der Waals surface area contributed by atoms with Gasteiger partial charge in [0.25, 0.3) is 0 Å². The van der Waals surface area contributed by atoms with E-state index in [0.717, 1.165) is 120 Å². The fourth-order valence-corrected chi connectivity index (χ4v) is 16.1. The first-order valence-electron chi connectivity index (χ1n) is 47.2. The smallest absolute Gasteiger partial charge is 0.365 e. The van der Waals surface area contributed by atoms with E-state index in [1.165, 1.54) is 138 Å². The van der Waals surface area contributed by atoms with Crippen LogP contribution in [-0.2, 0) is 77.0 Å². The molecule has 0 radical (unpaired) electrons. The Bertz CT molecular complexity index is 3310. The molecule has 4 aromatic carbocycles. The number of aryl methyl sites for hydroxylation is 3. The van der Waals surface area contributed by atoms with Gasteiger partial charge >= 0.3 is 17.9 Å². The molecule has 0 saturated carbocycles. The zero-order valence-corrected chi connectivity index (χ0v) is 80.5. The molecule has 0 amide bonds. The van der Waals surface area contributed by atoms with Crippen LogP contribution in [0.5, 0.6) is 23.0 Å². The van der Waals surface area contributed by atoms with Crippen molar-refractivity contribution in [2.75, 3.05) is 187 Å². The van der Waals surface area contributed by atoms with Crippen molar-refractivity contribution in [3.8, 4) is 23.0 Å². The summed E-state index contributed by atoms with van der Waals surface area (Å²) in [4.78, 5) is 47.8. The standard InChI is InChI=1S/C28H48NO4.C27H46NO4.C24H42NO4.C23H40NO3/c1-6-7-8-9-10-11-13-24-15-17-25(18-16-24)32-23-22-31-21-20-29(5)19-12-14-26(29)27(30)33-28(2,3)4;1-8-31-25(29)24-11-9-10-16-28(24,7)17-18-30-19-20-32-23-14-12-22(13-15-23)27(5,6)21-26(2,3)4;1-5-7-8-9-10-11-12-22-13-15-23(16-14-22)29-20-19-27-18-17-25(3,4)21-24(26)28-6-2;1-5-6-7-8-9-10-11-22-12-14-23(15-13-22)27-19-18-26-17-16-24(3,4)20-21(2)25/h15-18,26H,6-14,19-23H2,1-5H3;12-15,24H,8-11,16-21H2,1-7H3;13-16H,5-12,17-21H2,1-4H3;12-15H,5-11,16-20H2,1-4H3/q4*+1. The minimum Gasteiger partial charge on any atom is -0.491 e. The highest BCUT2D eigenvalue weighted by atomic mass is 16.6. The zero-order valence-electron chi connectivity index (χ0n) is 80.5. The summed E-state index contributed by atoms with van der Waals surface area (Å²) in [5.41, 5.74) is 5.48. The first kappa shape index (κ1) is 109. The van der Waals surface area contributed by atoms with Crippen molar-refractivity contribution in [3.05, 3.63) is 119 Å². The van der Waals surface area contributed by atoms with Gasteiger partial charge in [-0.15, -0.1) is 0 Å². The second-order valence-electron chi connectivity index (χ2n) is 38.4. The van der Waals surface area contributed by atoms with E-state index in [0.29, 0.717) is 129 Å². The van der Waals surface area contributed by atoms with Gasteiger partial charge in [0.05, 0.1) is 121 Å². The Morgan fingerprint density at radius 1 is 0.388 bits per heavy atom. The van der Waals surface area contributed by atoms with Crippen molar-refractivity contribution in [2.45, 2.75) is 293 Å². The second kappa shape index (κ2) is 61.2. The maximum atomic E-state index is 12.6. The largest absolute Gasteiger partial charge is 0.491 e. The van der Waals surface area contributed by atoms with Gasteiger partial charge in [-0.25, -0.2) is 14.4 Å². The highest BCUT2D eigenvalue weighted by molar-refractivity contribution is 5.76. The minimum atomic E-state index is -0.440. The molecule has 2 aliphatic heterocycles. The van der Waals surface area contributed by atoms with Gasteiger partial charge in [0.1, 0.15) is 87.8 Å². The Morgan fingerprint density at radius 2 is 0.727 bits per heavy atom. The van der Waals surface area contributed by atoms with Crippen molar-refractivity contribution in [2.24, 2.45) is 5.41 Å². The minimum absolute atomic E-state index is 0.0628. The van der Waals surface area contributed by atoms with E-state index >= 15 is 0 Å². The van der Waals surface area contributed by atoms with E-state index < -0.39 is 5.60 Å². The summed E-state index contributed by atoms with van der Waals surface area (Å²) in [6.07, 6.45) is 33.7. The third-order valence-electron chi connectivity index (χ3n) is 22.8. The van der Waals surface area contributed by atoms with Crippen LogP contribution in [0.3, 0.4) is 0 Å². The van der Waals surface area contributed by atoms with Crippen LogP contribution in [0.2, 0.25) is 0 Å².